The fourth-order valence-corrected chi connectivity index (χ4v) is 1.62. The Balaban J connectivity index is 2.00. The number of furan rings is 1. The summed E-state index contributed by atoms with van der Waals surface area (Å²) in [6.45, 7) is 0. The Morgan fingerprint density at radius 3 is 3.25 bits per heavy atom. The first-order chi connectivity index (χ1) is 7.79. The number of thioether (sulfide) groups is 1. The molecule has 0 aliphatic rings. The third-order valence-corrected chi connectivity index (χ3v) is 2.56. The number of nitrogens with zero attached hydrogens (tertiary/aromatic N) is 2. The Morgan fingerprint density at radius 1 is 1.69 bits per heavy atom. The van der Waals surface area contributed by atoms with E-state index in [0.29, 0.717) is 16.7 Å². The zero-order chi connectivity index (χ0) is 11.4. The zero-order valence-corrected chi connectivity index (χ0v) is 8.95. The number of aromatic amines is 1. The van der Waals surface area contributed by atoms with Gasteiger partial charge in [-0.25, -0.2) is 5.84 Å². The van der Waals surface area contributed by atoms with Gasteiger partial charge in [-0.1, -0.05) is 11.8 Å². The van der Waals surface area contributed by atoms with Crippen molar-refractivity contribution in [1.82, 2.24) is 20.6 Å². The van der Waals surface area contributed by atoms with Gasteiger partial charge < -0.3 is 4.42 Å². The lowest BCUT2D eigenvalue weighted by molar-refractivity contribution is -0.118. The quantitative estimate of drug-likeness (QED) is 0.303. The van der Waals surface area contributed by atoms with Crippen LogP contribution in [0.15, 0.2) is 28.0 Å². The van der Waals surface area contributed by atoms with Crippen LogP contribution in [0.4, 0.5) is 0 Å². The number of nitrogens with two attached hydrogens (primary N) is 1. The first-order valence-corrected chi connectivity index (χ1v) is 5.36. The molecule has 0 saturated carbocycles. The van der Waals surface area contributed by atoms with E-state index in [0.717, 1.165) is 0 Å². The molecule has 4 N–H and O–H groups in total. The Bertz CT molecular complexity index is 466. The Kier molecular flexibility index (Phi) is 3.22. The van der Waals surface area contributed by atoms with Gasteiger partial charge in [0.2, 0.25) is 11.1 Å². The Labute approximate surface area is 94.8 Å². The molecule has 2 rings (SSSR count). The summed E-state index contributed by atoms with van der Waals surface area (Å²) in [6.07, 6.45) is 1.55. The molecule has 0 spiro atoms. The number of H-pyrrole nitrogens is 1. The molecule has 0 radical (unpaired) electrons. The summed E-state index contributed by atoms with van der Waals surface area (Å²) in [5, 5.41) is 7.10. The smallest absolute Gasteiger partial charge is 0.244 e. The fourth-order valence-electron chi connectivity index (χ4n) is 1.01. The minimum atomic E-state index is -0.283. The second-order valence-electron chi connectivity index (χ2n) is 2.80. The molecule has 2 aromatic rings. The first kappa shape index (κ1) is 10.7. The molecule has 2 aromatic heterocycles. The van der Waals surface area contributed by atoms with Crippen LogP contribution in [0.1, 0.15) is 0 Å². The molecule has 0 atom stereocenters. The molecule has 0 saturated heterocycles. The van der Waals surface area contributed by atoms with Crippen LogP contribution in [-0.4, -0.2) is 26.8 Å². The van der Waals surface area contributed by atoms with Crippen molar-refractivity contribution in [3.8, 4) is 11.6 Å². The average Bonchev–Trinajstić information content (AvgIpc) is 2.95. The van der Waals surface area contributed by atoms with E-state index in [4.69, 9.17) is 10.3 Å². The van der Waals surface area contributed by atoms with E-state index >= 15 is 0 Å². The standard InChI is InChI=1S/C8H9N5O2S/c9-11-6(14)4-16-8-10-7(12-13-8)5-2-1-3-15-5/h1-3H,4,9H2,(H,11,14)(H,10,12,13). The largest absolute Gasteiger partial charge is 0.461 e. The highest BCUT2D eigenvalue weighted by atomic mass is 32.2. The van der Waals surface area contributed by atoms with Gasteiger partial charge in [-0.3, -0.25) is 15.3 Å². The summed E-state index contributed by atoms with van der Waals surface area (Å²) >= 11 is 1.18. The summed E-state index contributed by atoms with van der Waals surface area (Å²) < 4.78 is 5.14. The monoisotopic (exact) mass is 239 g/mol. The number of carbonyl (C=O) groups is 1. The van der Waals surface area contributed by atoms with Gasteiger partial charge in [-0.15, -0.1) is 5.10 Å². The number of amides is 1. The minimum Gasteiger partial charge on any atom is -0.461 e. The molecule has 2 heterocycles. The SMILES string of the molecule is NNC(=O)CSc1n[nH]c(-c2ccco2)n1. The van der Waals surface area contributed by atoms with Gasteiger partial charge in [0.05, 0.1) is 12.0 Å². The van der Waals surface area contributed by atoms with Crippen molar-refractivity contribution in [2.75, 3.05) is 5.75 Å². The van der Waals surface area contributed by atoms with Crippen LogP contribution in [0.3, 0.4) is 0 Å². The molecule has 0 fully saturated rings. The predicted molar refractivity (Wildman–Crippen MR) is 57.1 cm³/mol. The normalized spacial score (nSPS) is 10.3. The number of aromatic nitrogens is 3. The molecule has 7 nitrogen and oxygen atoms in total. The molecule has 0 unspecified atom stereocenters. The summed E-state index contributed by atoms with van der Waals surface area (Å²) in [5.74, 6) is 5.96. The Hall–Kier alpha value is -1.80. The van der Waals surface area contributed by atoms with Crippen molar-refractivity contribution in [3.63, 3.8) is 0 Å². The molecule has 16 heavy (non-hydrogen) atoms. The molecule has 0 aromatic carbocycles. The second-order valence-corrected chi connectivity index (χ2v) is 3.74. The van der Waals surface area contributed by atoms with Gasteiger partial charge in [0.25, 0.3) is 0 Å². The topological polar surface area (TPSA) is 110 Å². The number of hydrogen-bond donors (Lipinski definition) is 3. The van der Waals surface area contributed by atoms with Crippen molar-refractivity contribution < 1.29 is 9.21 Å². The van der Waals surface area contributed by atoms with Gasteiger partial charge in [0.15, 0.2) is 11.6 Å². The highest BCUT2D eigenvalue weighted by Crippen LogP contribution is 2.18. The summed E-state index contributed by atoms with van der Waals surface area (Å²) in [5.41, 5.74) is 2.03. The lowest BCUT2D eigenvalue weighted by Crippen LogP contribution is -2.31. The van der Waals surface area contributed by atoms with Crippen molar-refractivity contribution >= 4 is 17.7 Å². The average molecular weight is 239 g/mol. The third kappa shape index (κ3) is 2.41. The van der Waals surface area contributed by atoms with E-state index in [2.05, 4.69) is 15.2 Å². The lowest BCUT2D eigenvalue weighted by atomic mass is 10.4. The molecule has 0 aliphatic carbocycles. The zero-order valence-electron chi connectivity index (χ0n) is 8.14. The van der Waals surface area contributed by atoms with Crippen LogP contribution in [0.5, 0.6) is 0 Å². The maximum atomic E-state index is 10.9. The molecule has 0 aliphatic heterocycles. The minimum absolute atomic E-state index is 0.173. The van der Waals surface area contributed by atoms with Crippen LogP contribution < -0.4 is 11.3 Å². The molecular weight excluding hydrogens is 230 g/mol. The molecule has 1 amide bonds. The van der Waals surface area contributed by atoms with E-state index in [1.54, 1.807) is 18.4 Å². The van der Waals surface area contributed by atoms with Gasteiger partial charge in [0, 0.05) is 0 Å². The van der Waals surface area contributed by atoms with Gasteiger partial charge in [-0.2, -0.15) is 4.98 Å². The molecular formula is C8H9N5O2S. The van der Waals surface area contributed by atoms with E-state index in [1.807, 2.05) is 5.43 Å². The van der Waals surface area contributed by atoms with Crippen LogP contribution in [0.2, 0.25) is 0 Å². The van der Waals surface area contributed by atoms with Crippen LogP contribution >= 0.6 is 11.8 Å². The number of hydrazine groups is 1. The van der Waals surface area contributed by atoms with Gasteiger partial charge in [0.1, 0.15) is 0 Å². The van der Waals surface area contributed by atoms with Crippen LogP contribution in [0.25, 0.3) is 11.6 Å². The lowest BCUT2D eigenvalue weighted by Gasteiger charge is -1.94. The third-order valence-electron chi connectivity index (χ3n) is 1.71. The van der Waals surface area contributed by atoms with E-state index in [9.17, 15) is 4.79 Å². The van der Waals surface area contributed by atoms with Crippen molar-refractivity contribution in [2.24, 2.45) is 5.84 Å². The first-order valence-electron chi connectivity index (χ1n) is 4.38. The molecule has 8 heteroatoms. The van der Waals surface area contributed by atoms with E-state index < -0.39 is 0 Å². The van der Waals surface area contributed by atoms with Crippen molar-refractivity contribution in [2.45, 2.75) is 5.16 Å². The van der Waals surface area contributed by atoms with Crippen LogP contribution in [-0.2, 0) is 4.79 Å². The molecule has 84 valence electrons. The van der Waals surface area contributed by atoms with Gasteiger partial charge in [-0.05, 0) is 12.1 Å². The van der Waals surface area contributed by atoms with Crippen molar-refractivity contribution in [1.29, 1.82) is 0 Å². The Morgan fingerprint density at radius 2 is 2.56 bits per heavy atom. The maximum Gasteiger partial charge on any atom is 0.244 e. The van der Waals surface area contributed by atoms with Gasteiger partial charge >= 0.3 is 0 Å². The van der Waals surface area contributed by atoms with Crippen LogP contribution in [0, 0.1) is 0 Å². The summed E-state index contributed by atoms with van der Waals surface area (Å²) in [6, 6.07) is 3.52. The van der Waals surface area contributed by atoms with E-state index in [-0.39, 0.29) is 11.7 Å². The van der Waals surface area contributed by atoms with E-state index in [1.165, 1.54) is 11.8 Å². The fraction of sp³-hybridized carbons (Fsp3) is 0.125. The molecule has 0 bridgehead atoms. The summed E-state index contributed by atoms with van der Waals surface area (Å²) in [4.78, 5) is 15.0. The number of nitrogens with one attached hydrogen (secondary N) is 2. The predicted octanol–water partition coefficient (Wildman–Crippen LogP) is 0.147. The number of hydrogen-bond acceptors (Lipinski definition) is 6. The highest BCUT2D eigenvalue weighted by Gasteiger charge is 2.09. The number of rotatable bonds is 4. The second kappa shape index (κ2) is 4.81. The maximum absolute atomic E-state index is 10.9. The number of carbonyl (C=O) groups excluding carboxylic acids is 1. The van der Waals surface area contributed by atoms with Crippen molar-refractivity contribution in [3.05, 3.63) is 18.4 Å². The summed E-state index contributed by atoms with van der Waals surface area (Å²) in [7, 11) is 0. The highest BCUT2D eigenvalue weighted by molar-refractivity contribution is 7.99.